The van der Waals surface area contributed by atoms with Gasteiger partial charge in [0.05, 0.1) is 5.92 Å². The topological polar surface area (TPSA) is 17.1 Å². The molecular weight excluding hydrogens is 88.1 g/mol. The second-order valence-electron chi connectivity index (χ2n) is 1.88. The van der Waals surface area contributed by atoms with Gasteiger partial charge in [0, 0.05) is 0 Å². The first-order chi connectivity index (χ1) is 3.38. The zero-order valence-corrected chi connectivity index (χ0v) is 3.72. The highest BCUT2D eigenvalue weighted by atomic mass is 16.1. The molecule has 1 unspecified atom stereocenters. The maximum absolute atomic E-state index is 10.5. The molecule has 0 bridgehead atoms. The molecule has 0 N–H and O–H groups in total. The summed E-state index contributed by atoms with van der Waals surface area (Å²) in [6.45, 7) is 0. The SMILES string of the molecule is O=C1C=CC2=CC12. The van der Waals surface area contributed by atoms with Gasteiger partial charge < -0.3 is 0 Å². The van der Waals surface area contributed by atoms with Crippen molar-refractivity contribution in [1.82, 2.24) is 0 Å². The average Bonchev–Trinajstić information content (AvgIpc) is 2.33. The van der Waals surface area contributed by atoms with Crippen molar-refractivity contribution in [1.29, 1.82) is 0 Å². The summed E-state index contributed by atoms with van der Waals surface area (Å²) in [7, 11) is 0. The van der Waals surface area contributed by atoms with Crippen LogP contribution in [0.4, 0.5) is 0 Å². The van der Waals surface area contributed by atoms with Crippen molar-refractivity contribution < 1.29 is 4.79 Å². The van der Waals surface area contributed by atoms with Gasteiger partial charge in [0.15, 0.2) is 5.78 Å². The first kappa shape index (κ1) is 3.19. The maximum atomic E-state index is 10.5. The molecule has 0 radical (unpaired) electrons. The number of ketones is 1. The van der Waals surface area contributed by atoms with Crippen LogP contribution >= 0.6 is 0 Å². The second kappa shape index (κ2) is 0.713. The smallest absolute Gasteiger partial charge is 0.166 e. The minimum absolute atomic E-state index is 0.222. The van der Waals surface area contributed by atoms with Gasteiger partial charge in [-0.25, -0.2) is 0 Å². The molecule has 1 atom stereocenters. The molecule has 34 valence electrons. The summed E-state index contributed by atoms with van der Waals surface area (Å²) in [6, 6.07) is 0. The molecular formula is C6H4O. The minimum atomic E-state index is 0.222. The monoisotopic (exact) mass is 92.0 g/mol. The van der Waals surface area contributed by atoms with Gasteiger partial charge in [-0.2, -0.15) is 0 Å². The maximum Gasteiger partial charge on any atom is 0.166 e. The molecule has 0 aliphatic heterocycles. The van der Waals surface area contributed by atoms with Crippen LogP contribution in [0.2, 0.25) is 0 Å². The van der Waals surface area contributed by atoms with Crippen LogP contribution in [-0.4, -0.2) is 5.78 Å². The Morgan fingerprint density at radius 1 is 1.43 bits per heavy atom. The van der Waals surface area contributed by atoms with Crippen LogP contribution in [0, 0.1) is 5.92 Å². The van der Waals surface area contributed by atoms with Crippen LogP contribution in [-0.2, 0) is 4.79 Å². The lowest BCUT2D eigenvalue weighted by Gasteiger charge is -1.76. The number of carbonyl (C=O) groups excluding carboxylic acids is 1. The van der Waals surface area contributed by atoms with Crippen molar-refractivity contribution >= 4 is 5.78 Å². The Bertz CT molecular complexity index is 186. The van der Waals surface area contributed by atoms with E-state index in [2.05, 4.69) is 0 Å². The van der Waals surface area contributed by atoms with E-state index >= 15 is 0 Å². The van der Waals surface area contributed by atoms with E-state index in [0.717, 1.165) is 0 Å². The largest absolute Gasteiger partial charge is 0.294 e. The normalized spacial score (nSPS) is 32.9. The molecule has 0 aromatic rings. The van der Waals surface area contributed by atoms with Crippen molar-refractivity contribution in [2.24, 2.45) is 5.92 Å². The average molecular weight is 92.1 g/mol. The number of fused-ring (bicyclic) bond motifs is 1. The fraction of sp³-hybridized carbons (Fsp3) is 0.167. The molecule has 0 amide bonds. The lowest BCUT2D eigenvalue weighted by Crippen LogP contribution is -1.90. The van der Waals surface area contributed by atoms with Crippen LogP contribution in [0.5, 0.6) is 0 Å². The Balaban J connectivity index is 2.47. The summed E-state index contributed by atoms with van der Waals surface area (Å²) >= 11 is 0. The summed E-state index contributed by atoms with van der Waals surface area (Å²) in [5.74, 6) is 0.481. The number of hydrogen-bond acceptors (Lipinski definition) is 1. The quantitative estimate of drug-likeness (QED) is 0.429. The van der Waals surface area contributed by atoms with Gasteiger partial charge in [0.25, 0.3) is 0 Å². The Labute approximate surface area is 41.3 Å². The molecule has 0 saturated carbocycles. The predicted octanol–water partition coefficient (Wildman–Crippen LogP) is 0.681. The van der Waals surface area contributed by atoms with Crippen LogP contribution in [0.25, 0.3) is 0 Å². The lowest BCUT2D eigenvalue weighted by atomic mass is 10.3. The predicted molar refractivity (Wildman–Crippen MR) is 25.7 cm³/mol. The third-order valence-electron chi connectivity index (χ3n) is 1.36. The molecule has 2 rings (SSSR count). The lowest BCUT2D eigenvalue weighted by molar-refractivity contribution is -0.114. The van der Waals surface area contributed by atoms with Crippen molar-refractivity contribution in [2.45, 2.75) is 0 Å². The fourth-order valence-electron chi connectivity index (χ4n) is 0.832. The summed E-state index contributed by atoms with van der Waals surface area (Å²) in [5, 5.41) is 0. The van der Waals surface area contributed by atoms with Crippen molar-refractivity contribution in [3.05, 3.63) is 23.8 Å². The summed E-state index contributed by atoms with van der Waals surface area (Å²) in [6.07, 6.45) is 5.50. The number of carbonyl (C=O) groups is 1. The van der Waals surface area contributed by atoms with E-state index in [1.807, 2.05) is 12.2 Å². The molecule has 1 nitrogen and oxygen atoms in total. The van der Waals surface area contributed by atoms with Gasteiger partial charge >= 0.3 is 0 Å². The minimum Gasteiger partial charge on any atom is -0.294 e. The molecule has 1 heteroatoms. The standard InChI is InChI=1S/C6H4O/c7-6-2-1-4-3-5(4)6/h1-3,5H. The van der Waals surface area contributed by atoms with Gasteiger partial charge in [-0.15, -0.1) is 0 Å². The van der Waals surface area contributed by atoms with E-state index in [1.54, 1.807) is 6.08 Å². The van der Waals surface area contributed by atoms with Gasteiger partial charge in [-0.1, -0.05) is 12.2 Å². The zero-order chi connectivity index (χ0) is 4.85. The van der Waals surface area contributed by atoms with E-state index in [0.29, 0.717) is 0 Å². The van der Waals surface area contributed by atoms with Crippen LogP contribution in [0.15, 0.2) is 23.8 Å². The molecule has 2 aliphatic rings. The Kier molecular flexibility index (Phi) is 0.325. The van der Waals surface area contributed by atoms with Crippen LogP contribution < -0.4 is 0 Å². The third kappa shape index (κ3) is 0.255. The van der Waals surface area contributed by atoms with E-state index in [9.17, 15) is 4.79 Å². The molecule has 2 aliphatic carbocycles. The summed E-state index contributed by atoms with van der Waals surface area (Å²) in [4.78, 5) is 10.5. The Hall–Kier alpha value is -0.850. The van der Waals surface area contributed by atoms with E-state index < -0.39 is 0 Å². The van der Waals surface area contributed by atoms with E-state index in [1.165, 1.54) is 5.57 Å². The molecule has 0 aromatic heterocycles. The molecule has 0 fully saturated rings. The molecule has 0 spiro atoms. The zero-order valence-electron chi connectivity index (χ0n) is 3.72. The third-order valence-corrected chi connectivity index (χ3v) is 1.36. The van der Waals surface area contributed by atoms with Gasteiger partial charge in [-0.3, -0.25) is 4.79 Å². The number of hydrogen-bond donors (Lipinski definition) is 0. The molecule has 0 aromatic carbocycles. The first-order valence-electron chi connectivity index (χ1n) is 2.31. The fourth-order valence-corrected chi connectivity index (χ4v) is 0.832. The van der Waals surface area contributed by atoms with E-state index in [4.69, 9.17) is 0 Å². The molecule has 7 heavy (non-hydrogen) atoms. The number of allylic oxidation sites excluding steroid dienone is 4. The van der Waals surface area contributed by atoms with Crippen molar-refractivity contribution in [3.63, 3.8) is 0 Å². The summed E-state index contributed by atoms with van der Waals surface area (Å²) < 4.78 is 0. The molecule has 0 heterocycles. The Morgan fingerprint density at radius 3 is 2.43 bits per heavy atom. The second-order valence-corrected chi connectivity index (χ2v) is 1.88. The van der Waals surface area contributed by atoms with Gasteiger partial charge in [-0.05, 0) is 11.6 Å². The highest BCUT2D eigenvalue weighted by molar-refractivity contribution is 6.03. The highest BCUT2D eigenvalue weighted by Crippen LogP contribution is 2.35. The summed E-state index contributed by atoms with van der Waals surface area (Å²) in [5.41, 5.74) is 1.21. The molecule has 0 saturated heterocycles. The van der Waals surface area contributed by atoms with Crippen LogP contribution in [0.1, 0.15) is 0 Å². The first-order valence-corrected chi connectivity index (χ1v) is 2.31. The number of rotatable bonds is 0. The highest BCUT2D eigenvalue weighted by Gasteiger charge is 2.32. The van der Waals surface area contributed by atoms with Crippen molar-refractivity contribution in [3.8, 4) is 0 Å². The Morgan fingerprint density at radius 2 is 2.29 bits per heavy atom. The van der Waals surface area contributed by atoms with E-state index in [-0.39, 0.29) is 11.7 Å². The van der Waals surface area contributed by atoms with Gasteiger partial charge in [0.1, 0.15) is 0 Å². The van der Waals surface area contributed by atoms with Crippen molar-refractivity contribution in [2.75, 3.05) is 0 Å². The van der Waals surface area contributed by atoms with Gasteiger partial charge in [0.2, 0.25) is 0 Å². The van der Waals surface area contributed by atoms with Crippen LogP contribution in [0.3, 0.4) is 0 Å².